The fourth-order valence-electron chi connectivity index (χ4n) is 7.16. The molecule has 0 radical (unpaired) electrons. The zero-order valence-corrected chi connectivity index (χ0v) is 29.9. The minimum Gasteiger partial charge on any atom is -0.491 e. The number of anilines is 1. The Balaban J connectivity index is 1.36. The molecule has 1 unspecified atom stereocenters. The van der Waals surface area contributed by atoms with E-state index in [1.165, 1.54) is 11.1 Å². The van der Waals surface area contributed by atoms with Crippen molar-refractivity contribution in [2.75, 3.05) is 50.7 Å². The molecule has 1 saturated heterocycles. The van der Waals surface area contributed by atoms with Crippen LogP contribution in [0.4, 0.5) is 5.69 Å². The fourth-order valence-corrected chi connectivity index (χ4v) is 8.94. The lowest BCUT2D eigenvalue weighted by molar-refractivity contribution is -0.128. The third-order valence-electron chi connectivity index (χ3n) is 10.0. The van der Waals surface area contributed by atoms with Crippen LogP contribution in [0.1, 0.15) is 72.9 Å². The molecule has 2 bridgehead atoms. The van der Waals surface area contributed by atoms with Crippen molar-refractivity contribution in [2.24, 2.45) is 16.2 Å². The summed E-state index contributed by atoms with van der Waals surface area (Å²) in [4.78, 5) is 29.1. The summed E-state index contributed by atoms with van der Waals surface area (Å²) in [6.45, 7) is 2.78. The van der Waals surface area contributed by atoms with Gasteiger partial charge in [0, 0.05) is 44.0 Å². The second-order valence-corrected chi connectivity index (χ2v) is 16.0. The molecular formula is C37H48ClN3O7S. The quantitative estimate of drug-likeness (QED) is 0.360. The van der Waals surface area contributed by atoms with Gasteiger partial charge in [-0.1, -0.05) is 29.8 Å². The number of hydrogen-bond acceptors (Lipinski definition) is 8. The van der Waals surface area contributed by atoms with Crippen LogP contribution in [-0.2, 0) is 41.9 Å². The van der Waals surface area contributed by atoms with Gasteiger partial charge in [0.05, 0.1) is 30.3 Å². The number of hydrogen-bond donors (Lipinski definition) is 1. The van der Waals surface area contributed by atoms with E-state index < -0.39 is 21.7 Å². The molecule has 12 heteroatoms. The van der Waals surface area contributed by atoms with Crippen molar-refractivity contribution >= 4 is 39.0 Å². The van der Waals surface area contributed by atoms with Gasteiger partial charge >= 0.3 is 0 Å². The molecule has 4 aliphatic rings. The maximum absolute atomic E-state index is 14.2. The Morgan fingerprint density at radius 2 is 1.92 bits per heavy atom. The number of aryl methyl sites for hydroxylation is 1. The largest absolute Gasteiger partial charge is 0.491 e. The third kappa shape index (κ3) is 9.43. The molecule has 10 nitrogen and oxygen atoms in total. The predicted molar refractivity (Wildman–Crippen MR) is 190 cm³/mol. The second kappa shape index (κ2) is 16.8. The van der Waals surface area contributed by atoms with Gasteiger partial charge in [-0.3, -0.25) is 14.3 Å². The van der Waals surface area contributed by atoms with Gasteiger partial charge in [-0.25, -0.2) is 4.21 Å². The van der Waals surface area contributed by atoms with E-state index in [0.717, 1.165) is 44.3 Å². The molecule has 2 aromatic rings. The lowest BCUT2D eigenvalue weighted by atomic mass is 9.70. The van der Waals surface area contributed by atoms with Crippen LogP contribution in [0.5, 0.6) is 5.75 Å². The number of carbonyl (C=O) groups is 2. The van der Waals surface area contributed by atoms with Crippen molar-refractivity contribution in [1.82, 2.24) is 4.72 Å². The van der Waals surface area contributed by atoms with E-state index in [0.29, 0.717) is 74.7 Å². The summed E-state index contributed by atoms with van der Waals surface area (Å²) in [5.74, 6) is 0.207. The van der Waals surface area contributed by atoms with Crippen LogP contribution in [0.25, 0.3) is 0 Å². The number of allylic oxidation sites excluding steroid dienone is 1. The van der Waals surface area contributed by atoms with Gasteiger partial charge in [-0.15, -0.1) is 4.36 Å². The van der Waals surface area contributed by atoms with E-state index in [1.807, 2.05) is 12.1 Å². The second-order valence-electron chi connectivity index (χ2n) is 13.4. The highest BCUT2D eigenvalue weighted by Crippen LogP contribution is 2.42. The van der Waals surface area contributed by atoms with Gasteiger partial charge in [0.1, 0.15) is 22.3 Å². The van der Waals surface area contributed by atoms with Crippen LogP contribution >= 0.6 is 11.6 Å². The number of ether oxygens (including phenoxy) is 4. The Morgan fingerprint density at radius 3 is 2.71 bits per heavy atom. The summed E-state index contributed by atoms with van der Waals surface area (Å²) < 4.78 is 44.5. The van der Waals surface area contributed by atoms with E-state index >= 15 is 0 Å². The lowest BCUT2D eigenvalue weighted by Gasteiger charge is -2.43. The summed E-state index contributed by atoms with van der Waals surface area (Å²) in [6.07, 6.45) is 11.3. The summed E-state index contributed by atoms with van der Waals surface area (Å²) in [5, 5.41) is 0.715. The zero-order valence-electron chi connectivity index (χ0n) is 28.3. The first kappa shape index (κ1) is 35.9. The number of halogens is 1. The number of benzene rings is 2. The van der Waals surface area contributed by atoms with Gasteiger partial charge in [-0.2, -0.15) is 0 Å². The standard InChI is InChI=1S/C37H48ClN3O7S/c1-45-34-8-3-2-6-20-49(44,39-36(42)25-48-31-15-18-46-19-16-31)40-37(43)27-11-14-35-33(22-27)41(24-29-10-13-32(29)34)23-28-9-12-30(38)21-26(28)7-4-5-17-47-35/h3,8-9,11-12,14,21-22,29,31-32,34H,2,4-7,10,13,15-20,23-25H2,1H3,(H,39,40,42,43,44)/b8-3+/t29-,32+,34-,49?/m0/s1. The molecule has 1 saturated carbocycles. The third-order valence-corrected chi connectivity index (χ3v) is 12.1. The first-order valence-corrected chi connectivity index (χ1v) is 19.6. The molecule has 49 heavy (non-hydrogen) atoms. The highest BCUT2D eigenvalue weighted by molar-refractivity contribution is 7.92. The molecule has 3 heterocycles. The maximum atomic E-state index is 14.2. The van der Waals surface area contributed by atoms with Crippen molar-refractivity contribution in [1.29, 1.82) is 0 Å². The van der Waals surface area contributed by atoms with Crippen LogP contribution < -0.4 is 14.4 Å². The van der Waals surface area contributed by atoms with E-state index in [2.05, 4.69) is 38.3 Å². The molecule has 4 atom stereocenters. The highest BCUT2D eigenvalue weighted by atomic mass is 35.5. The molecule has 6 rings (SSSR count). The summed E-state index contributed by atoms with van der Waals surface area (Å²) in [7, 11) is -1.70. The molecule has 3 aliphatic heterocycles. The number of rotatable bonds is 5. The fraction of sp³-hybridized carbons (Fsp3) is 0.568. The van der Waals surface area contributed by atoms with Gasteiger partial charge in [0.2, 0.25) is 0 Å². The smallest absolute Gasteiger partial charge is 0.286 e. The number of nitrogens with zero attached hydrogens (tertiary/aromatic N) is 2. The summed E-state index contributed by atoms with van der Waals surface area (Å²) in [6, 6.07) is 11.4. The number of carbonyl (C=O) groups excluding carboxylic acids is 2. The average molecular weight is 714 g/mol. The number of amides is 2. The topological polar surface area (TPSA) is 116 Å². The van der Waals surface area contributed by atoms with Crippen LogP contribution in [0.15, 0.2) is 52.9 Å². The molecule has 0 spiro atoms. The van der Waals surface area contributed by atoms with Crippen molar-refractivity contribution in [3.63, 3.8) is 0 Å². The molecule has 1 N–H and O–H groups in total. The van der Waals surface area contributed by atoms with Gasteiger partial charge in [0.15, 0.2) is 0 Å². The van der Waals surface area contributed by atoms with Crippen molar-refractivity contribution in [2.45, 2.75) is 76.5 Å². The molecule has 266 valence electrons. The Hall–Kier alpha value is -2.96. The molecule has 0 aromatic heterocycles. The predicted octanol–water partition coefficient (Wildman–Crippen LogP) is 6.29. The number of methoxy groups -OCH3 is 1. The molecule has 2 amide bonds. The van der Waals surface area contributed by atoms with E-state index in [-0.39, 0.29) is 30.1 Å². The van der Waals surface area contributed by atoms with Crippen LogP contribution in [0, 0.1) is 11.8 Å². The van der Waals surface area contributed by atoms with Crippen LogP contribution in [0.3, 0.4) is 0 Å². The number of nitrogens with one attached hydrogen (secondary N) is 1. The Kier molecular flexibility index (Phi) is 12.3. The summed E-state index contributed by atoms with van der Waals surface area (Å²) >= 11 is 6.45. The SMILES string of the molecule is CO[C@H]1/C=C/CCCS(=O)(NC(=O)COC2CCOCC2)=NC(=O)c2ccc3c(c2)N(Cc2ccc(Cl)cc2CCCCO3)C[C@@H]2CC[C@H]21. The molecule has 2 aromatic carbocycles. The van der Waals surface area contributed by atoms with E-state index in [4.69, 9.17) is 30.5 Å². The maximum Gasteiger partial charge on any atom is 0.286 e. The Labute approximate surface area is 295 Å². The Morgan fingerprint density at radius 1 is 1.06 bits per heavy atom. The van der Waals surface area contributed by atoms with Crippen LogP contribution in [-0.4, -0.2) is 74.1 Å². The first-order chi connectivity index (χ1) is 23.8. The minimum atomic E-state index is -3.45. The highest BCUT2D eigenvalue weighted by Gasteiger charge is 2.38. The minimum absolute atomic E-state index is 0.0231. The molecule has 1 aliphatic carbocycles. The van der Waals surface area contributed by atoms with Gasteiger partial charge in [0.25, 0.3) is 11.8 Å². The Bertz CT molecular complexity index is 1640. The van der Waals surface area contributed by atoms with E-state index in [9.17, 15) is 13.8 Å². The van der Waals surface area contributed by atoms with Crippen molar-refractivity contribution in [3.8, 4) is 5.75 Å². The van der Waals surface area contributed by atoms with E-state index in [1.54, 1.807) is 19.2 Å². The monoisotopic (exact) mass is 713 g/mol. The summed E-state index contributed by atoms with van der Waals surface area (Å²) in [5.41, 5.74) is 3.46. The van der Waals surface area contributed by atoms with Gasteiger partial charge < -0.3 is 23.8 Å². The molecular weight excluding hydrogens is 666 g/mol. The van der Waals surface area contributed by atoms with Crippen molar-refractivity contribution < 1.29 is 32.7 Å². The molecule has 2 fully saturated rings. The zero-order chi connectivity index (χ0) is 34.2. The van der Waals surface area contributed by atoms with Crippen LogP contribution in [0.2, 0.25) is 5.02 Å². The average Bonchev–Trinajstić information content (AvgIpc) is 3.11. The first-order valence-electron chi connectivity index (χ1n) is 17.6. The number of fused-ring (bicyclic) bond motifs is 3. The van der Waals surface area contributed by atoms with Gasteiger partial charge in [-0.05, 0) is 111 Å². The lowest BCUT2D eigenvalue weighted by Crippen LogP contribution is -2.43. The van der Waals surface area contributed by atoms with Crippen molar-refractivity contribution in [3.05, 3.63) is 70.3 Å². The normalized spacial score (nSPS) is 27.6.